The van der Waals surface area contributed by atoms with Crippen molar-refractivity contribution in [3.63, 3.8) is 0 Å². The van der Waals surface area contributed by atoms with Crippen LogP contribution in [0.15, 0.2) is 58.5 Å². The number of nitrogens with zero attached hydrogens (tertiary/aromatic N) is 1. The van der Waals surface area contributed by atoms with Gasteiger partial charge in [0.2, 0.25) is 0 Å². The number of ether oxygens (including phenoxy) is 1. The highest BCUT2D eigenvalue weighted by Crippen LogP contribution is 2.14. The summed E-state index contributed by atoms with van der Waals surface area (Å²) < 4.78 is 5.41. The van der Waals surface area contributed by atoms with E-state index in [1.165, 1.54) is 10.5 Å². The van der Waals surface area contributed by atoms with Crippen LogP contribution in [0, 0.1) is 0 Å². The van der Waals surface area contributed by atoms with E-state index < -0.39 is 0 Å². The first-order valence-electron chi connectivity index (χ1n) is 7.39. The van der Waals surface area contributed by atoms with Crippen LogP contribution in [0.3, 0.4) is 0 Å². The molecule has 1 N–H and O–H groups in total. The van der Waals surface area contributed by atoms with E-state index in [2.05, 4.69) is 17.5 Å². The fourth-order valence-corrected chi connectivity index (χ4v) is 2.28. The van der Waals surface area contributed by atoms with Crippen LogP contribution in [0.2, 0.25) is 0 Å². The third-order valence-electron chi connectivity index (χ3n) is 3.22. The zero-order valence-corrected chi connectivity index (χ0v) is 14.1. The van der Waals surface area contributed by atoms with Gasteiger partial charge in [0.15, 0.2) is 6.61 Å². The van der Waals surface area contributed by atoms with Crippen LogP contribution >= 0.6 is 11.8 Å². The normalized spacial score (nSPS) is 10.7. The van der Waals surface area contributed by atoms with Gasteiger partial charge in [0.1, 0.15) is 5.75 Å². The van der Waals surface area contributed by atoms with Crippen molar-refractivity contribution in [2.24, 2.45) is 5.10 Å². The topological polar surface area (TPSA) is 50.7 Å². The fourth-order valence-electron chi connectivity index (χ4n) is 1.87. The molecule has 0 fully saturated rings. The Bertz CT molecular complexity index is 652. The van der Waals surface area contributed by atoms with Crippen LogP contribution < -0.4 is 10.2 Å². The van der Waals surface area contributed by atoms with Gasteiger partial charge >= 0.3 is 0 Å². The molecule has 0 aromatic heterocycles. The molecule has 0 heterocycles. The molecule has 4 nitrogen and oxygen atoms in total. The molecule has 2 aromatic carbocycles. The van der Waals surface area contributed by atoms with Gasteiger partial charge in [0.05, 0.1) is 6.21 Å². The number of aryl methyl sites for hydroxylation is 1. The quantitative estimate of drug-likeness (QED) is 0.481. The van der Waals surface area contributed by atoms with E-state index in [1.807, 2.05) is 54.8 Å². The second-order valence-electron chi connectivity index (χ2n) is 4.85. The second kappa shape index (κ2) is 9.00. The predicted octanol–water partition coefficient (Wildman–Crippen LogP) is 3.50. The van der Waals surface area contributed by atoms with Crippen molar-refractivity contribution in [1.29, 1.82) is 0 Å². The van der Waals surface area contributed by atoms with Crippen molar-refractivity contribution in [2.75, 3.05) is 12.9 Å². The Balaban J connectivity index is 1.76. The van der Waals surface area contributed by atoms with Gasteiger partial charge in [-0.05, 0) is 48.1 Å². The monoisotopic (exact) mass is 328 g/mol. The number of carbonyl (C=O) groups is 1. The lowest BCUT2D eigenvalue weighted by molar-refractivity contribution is -0.123. The Kier molecular flexibility index (Phi) is 6.69. The van der Waals surface area contributed by atoms with Gasteiger partial charge in [0, 0.05) is 4.90 Å². The van der Waals surface area contributed by atoms with Crippen molar-refractivity contribution < 1.29 is 9.53 Å². The Morgan fingerprint density at radius 2 is 1.87 bits per heavy atom. The van der Waals surface area contributed by atoms with E-state index >= 15 is 0 Å². The lowest BCUT2D eigenvalue weighted by Gasteiger charge is -2.05. The molecule has 0 atom stereocenters. The van der Waals surface area contributed by atoms with Crippen LogP contribution in [0.4, 0.5) is 0 Å². The molecule has 1 amide bonds. The number of benzene rings is 2. The zero-order chi connectivity index (χ0) is 16.5. The van der Waals surface area contributed by atoms with Crippen molar-refractivity contribution in [3.05, 3.63) is 59.7 Å². The molecule has 2 rings (SSSR count). The molecule has 120 valence electrons. The smallest absolute Gasteiger partial charge is 0.277 e. The molecule has 2 aromatic rings. The van der Waals surface area contributed by atoms with Crippen molar-refractivity contribution in [1.82, 2.24) is 5.43 Å². The number of carbonyl (C=O) groups excluding carboxylic acids is 1. The molecule has 0 aliphatic heterocycles. The van der Waals surface area contributed by atoms with Crippen LogP contribution in [0.5, 0.6) is 5.75 Å². The number of hydrazone groups is 1. The molecule has 0 spiro atoms. The van der Waals surface area contributed by atoms with E-state index in [1.54, 1.807) is 18.0 Å². The number of thioether (sulfide) groups is 1. The first kappa shape index (κ1) is 17.1. The fraction of sp³-hybridized carbons (Fsp3) is 0.222. The van der Waals surface area contributed by atoms with Crippen molar-refractivity contribution in [3.8, 4) is 5.75 Å². The van der Waals surface area contributed by atoms with E-state index in [0.717, 1.165) is 12.0 Å². The SMILES string of the molecule is CCc1ccc(OCC(=O)N/N=C\c2ccc(SC)cc2)cc1. The maximum absolute atomic E-state index is 11.7. The van der Waals surface area contributed by atoms with Crippen LogP contribution in [-0.2, 0) is 11.2 Å². The number of nitrogens with one attached hydrogen (secondary N) is 1. The molecular weight excluding hydrogens is 308 g/mol. The van der Waals surface area contributed by atoms with Gasteiger partial charge < -0.3 is 4.74 Å². The lowest BCUT2D eigenvalue weighted by atomic mass is 10.2. The van der Waals surface area contributed by atoms with Gasteiger partial charge in [-0.2, -0.15) is 5.10 Å². The summed E-state index contributed by atoms with van der Waals surface area (Å²) in [7, 11) is 0. The maximum Gasteiger partial charge on any atom is 0.277 e. The average molecular weight is 328 g/mol. The standard InChI is InChI=1S/C18H20N2O2S/c1-3-14-4-8-16(9-5-14)22-13-18(21)20-19-12-15-6-10-17(23-2)11-7-15/h4-12H,3,13H2,1-2H3,(H,20,21)/b19-12-. The summed E-state index contributed by atoms with van der Waals surface area (Å²) in [4.78, 5) is 12.9. The minimum atomic E-state index is -0.290. The molecule has 23 heavy (non-hydrogen) atoms. The number of amides is 1. The third-order valence-corrected chi connectivity index (χ3v) is 3.96. The summed E-state index contributed by atoms with van der Waals surface area (Å²) in [6, 6.07) is 15.6. The zero-order valence-electron chi connectivity index (χ0n) is 13.3. The van der Waals surface area contributed by atoms with Gasteiger partial charge in [-0.25, -0.2) is 5.43 Å². The van der Waals surface area contributed by atoms with Crippen molar-refractivity contribution >= 4 is 23.9 Å². The molecule has 5 heteroatoms. The van der Waals surface area contributed by atoms with Crippen LogP contribution in [0.1, 0.15) is 18.1 Å². The Morgan fingerprint density at radius 1 is 1.17 bits per heavy atom. The molecular formula is C18H20N2O2S. The lowest BCUT2D eigenvalue weighted by Crippen LogP contribution is -2.24. The highest BCUT2D eigenvalue weighted by atomic mass is 32.2. The Morgan fingerprint density at radius 3 is 2.48 bits per heavy atom. The Labute approximate surface area is 140 Å². The summed E-state index contributed by atoms with van der Waals surface area (Å²) in [5.74, 6) is 0.385. The molecule has 0 saturated carbocycles. The number of hydrogen-bond acceptors (Lipinski definition) is 4. The summed E-state index contributed by atoms with van der Waals surface area (Å²) in [6.07, 6.45) is 4.62. The first-order valence-corrected chi connectivity index (χ1v) is 8.61. The summed E-state index contributed by atoms with van der Waals surface area (Å²) in [5.41, 5.74) is 4.62. The maximum atomic E-state index is 11.7. The van der Waals surface area contributed by atoms with E-state index in [0.29, 0.717) is 5.75 Å². The van der Waals surface area contributed by atoms with E-state index in [9.17, 15) is 4.79 Å². The van der Waals surface area contributed by atoms with E-state index in [4.69, 9.17) is 4.74 Å². The highest BCUT2D eigenvalue weighted by Gasteiger charge is 2.01. The van der Waals surface area contributed by atoms with E-state index in [-0.39, 0.29) is 12.5 Å². The predicted molar refractivity (Wildman–Crippen MR) is 95.3 cm³/mol. The van der Waals surface area contributed by atoms with Crippen LogP contribution in [0.25, 0.3) is 0 Å². The molecule has 0 radical (unpaired) electrons. The molecule has 0 aliphatic carbocycles. The minimum absolute atomic E-state index is 0.0613. The number of rotatable bonds is 7. The number of hydrogen-bond donors (Lipinski definition) is 1. The molecule has 0 saturated heterocycles. The van der Waals surface area contributed by atoms with Gasteiger partial charge in [0.25, 0.3) is 5.91 Å². The van der Waals surface area contributed by atoms with Crippen LogP contribution in [-0.4, -0.2) is 25.0 Å². The summed E-state index contributed by atoms with van der Waals surface area (Å²) >= 11 is 1.68. The minimum Gasteiger partial charge on any atom is -0.484 e. The third kappa shape index (κ3) is 5.79. The second-order valence-corrected chi connectivity index (χ2v) is 5.73. The van der Waals surface area contributed by atoms with Gasteiger partial charge in [-0.15, -0.1) is 11.8 Å². The molecule has 0 unspecified atom stereocenters. The van der Waals surface area contributed by atoms with Crippen molar-refractivity contribution in [2.45, 2.75) is 18.2 Å². The molecule has 0 aliphatic rings. The molecule has 0 bridgehead atoms. The first-order chi connectivity index (χ1) is 11.2. The highest BCUT2D eigenvalue weighted by molar-refractivity contribution is 7.98. The summed E-state index contributed by atoms with van der Waals surface area (Å²) in [5, 5.41) is 3.93. The largest absolute Gasteiger partial charge is 0.484 e. The van der Waals surface area contributed by atoms with Gasteiger partial charge in [-0.3, -0.25) is 4.79 Å². The summed E-state index contributed by atoms with van der Waals surface area (Å²) in [6.45, 7) is 2.03. The van der Waals surface area contributed by atoms with Gasteiger partial charge in [-0.1, -0.05) is 31.2 Å². The Hall–Kier alpha value is -2.27. The average Bonchev–Trinajstić information content (AvgIpc) is 2.61.